The van der Waals surface area contributed by atoms with Crippen molar-refractivity contribution in [3.63, 3.8) is 0 Å². The molecule has 1 aliphatic rings. The maximum Gasteiger partial charge on any atom is 0.257 e. The van der Waals surface area contributed by atoms with Gasteiger partial charge < -0.3 is 15.8 Å². The first kappa shape index (κ1) is 15.1. The van der Waals surface area contributed by atoms with Crippen LogP contribution in [0.2, 0.25) is 5.02 Å². The number of ether oxygens (including phenoxy) is 1. The van der Waals surface area contributed by atoms with E-state index in [2.05, 4.69) is 5.32 Å². The van der Waals surface area contributed by atoms with E-state index in [1.807, 2.05) is 19.1 Å². The first-order valence-electron chi connectivity index (χ1n) is 6.98. The molecule has 1 amide bonds. The van der Waals surface area contributed by atoms with E-state index < -0.39 is 0 Å². The average molecular weight is 297 g/mol. The molecule has 5 heteroatoms. The lowest BCUT2D eigenvalue weighted by atomic mass is 10.1. The van der Waals surface area contributed by atoms with Crippen LogP contribution >= 0.6 is 11.6 Å². The molecule has 1 unspecified atom stereocenters. The molecule has 0 heterocycles. The van der Waals surface area contributed by atoms with Gasteiger partial charge in [-0.15, -0.1) is 0 Å². The fourth-order valence-corrected chi connectivity index (χ4v) is 2.24. The summed E-state index contributed by atoms with van der Waals surface area (Å²) in [5.74, 6) is 1.12. The molecule has 2 rings (SSSR count). The molecule has 3 N–H and O–H groups in total. The van der Waals surface area contributed by atoms with Crippen LogP contribution in [-0.4, -0.2) is 25.1 Å². The molecule has 0 bridgehead atoms. The van der Waals surface area contributed by atoms with E-state index in [1.165, 1.54) is 12.8 Å². The third-order valence-corrected chi connectivity index (χ3v) is 3.52. The van der Waals surface area contributed by atoms with Gasteiger partial charge in [0, 0.05) is 12.6 Å². The van der Waals surface area contributed by atoms with E-state index in [1.54, 1.807) is 6.07 Å². The van der Waals surface area contributed by atoms with Gasteiger partial charge in [-0.3, -0.25) is 4.79 Å². The van der Waals surface area contributed by atoms with E-state index in [4.69, 9.17) is 22.1 Å². The molecular weight excluding hydrogens is 276 g/mol. The number of amides is 1. The average Bonchev–Trinajstić information content (AvgIpc) is 3.19. The van der Waals surface area contributed by atoms with Crippen LogP contribution in [0.5, 0.6) is 5.75 Å². The summed E-state index contributed by atoms with van der Waals surface area (Å²) in [6.07, 6.45) is 3.09. The Hall–Kier alpha value is -1.26. The predicted molar refractivity (Wildman–Crippen MR) is 80.0 cm³/mol. The van der Waals surface area contributed by atoms with Gasteiger partial charge in [0.1, 0.15) is 5.75 Å². The summed E-state index contributed by atoms with van der Waals surface area (Å²) in [6, 6.07) is 5.55. The maximum absolute atomic E-state index is 11.7. The first-order chi connectivity index (χ1) is 9.56. The normalized spacial score (nSPS) is 15.8. The highest BCUT2D eigenvalue weighted by Gasteiger charge is 2.21. The number of carbonyl (C=O) groups is 1. The second-order valence-electron chi connectivity index (χ2n) is 5.45. The monoisotopic (exact) mass is 296 g/mol. The van der Waals surface area contributed by atoms with Crippen molar-refractivity contribution in [3.05, 3.63) is 28.8 Å². The van der Waals surface area contributed by atoms with Crippen molar-refractivity contribution in [3.8, 4) is 5.75 Å². The number of nitrogens with one attached hydrogen (secondary N) is 1. The minimum Gasteiger partial charge on any atom is -0.482 e. The van der Waals surface area contributed by atoms with Crippen LogP contribution in [-0.2, 0) is 11.2 Å². The first-order valence-corrected chi connectivity index (χ1v) is 7.36. The van der Waals surface area contributed by atoms with Crippen molar-refractivity contribution >= 4 is 17.5 Å². The summed E-state index contributed by atoms with van der Waals surface area (Å²) >= 11 is 6.14. The number of hydrogen-bond donors (Lipinski definition) is 2. The summed E-state index contributed by atoms with van der Waals surface area (Å²) < 4.78 is 5.58. The van der Waals surface area contributed by atoms with Crippen LogP contribution in [0.1, 0.15) is 25.3 Å². The quantitative estimate of drug-likeness (QED) is 0.810. The molecule has 110 valence electrons. The minimum atomic E-state index is -0.108. The molecule has 1 fully saturated rings. The molecule has 4 nitrogen and oxygen atoms in total. The van der Waals surface area contributed by atoms with Gasteiger partial charge >= 0.3 is 0 Å². The van der Waals surface area contributed by atoms with Gasteiger partial charge in [-0.25, -0.2) is 0 Å². The summed E-state index contributed by atoms with van der Waals surface area (Å²) in [5.41, 5.74) is 6.74. The number of halogens is 1. The van der Waals surface area contributed by atoms with Gasteiger partial charge in [0.15, 0.2) is 6.61 Å². The standard InChI is InChI=1S/C15H21ClN2O2/c1-10(17)7-12-3-2-4-13(16)15(12)20-9-14(19)18-8-11-5-6-11/h2-4,10-11H,5-9,17H2,1H3,(H,18,19). The largest absolute Gasteiger partial charge is 0.482 e. The highest BCUT2D eigenvalue weighted by Crippen LogP contribution is 2.29. The third kappa shape index (κ3) is 4.69. The van der Waals surface area contributed by atoms with Crippen molar-refractivity contribution in [1.82, 2.24) is 5.32 Å². The second kappa shape index (κ2) is 6.95. The maximum atomic E-state index is 11.7. The van der Waals surface area contributed by atoms with Crippen molar-refractivity contribution < 1.29 is 9.53 Å². The molecule has 1 saturated carbocycles. The lowest BCUT2D eigenvalue weighted by molar-refractivity contribution is -0.123. The molecule has 0 saturated heterocycles. The van der Waals surface area contributed by atoms with E-state index in [0.717, 1.165) is 12.1 Å². The number of para-hydroxylation sites is 1. The molecule has 1 aliphatic carbocycles. The smallest absolute Gasteiger partial charge is 0.257 e. The third-order valence-electron chi connectivity index (χ3n) is 3.22. The summed E-state index contributed by atoms with van der Waals surface area (Å²) in [7, 11) is 0. The van der Waals surface area contributed by atoms with Crippen LogP contribution in [0.25, 0.3) is 0 Å². The molecule has 1 aromatic carbocycles. The number of hydrogen-bond acceptors (Lipinski definition) is 3. The lowest BCUT2D eigenvalue weighted by Gasteiger charge is -2.14. The van der Waals surface area contributed by atoms with E-state index in [-0.39, 0.29) is 18.6 Å². The highest BCUT2D eigenvalue weighted by molar-refractivity contribution is 6.32. The molecular formula is C15H21ClN2O2. The van der Waals surface area contributed by atoms with Crippen molar-refractivity contribution in [1.29, 1.82) is 0 Å². The van der Waals surface area contributed by atoms with Crippen LogP contribution in [0.15, 0.2) is 18.2 Å². The molecule has 0 spiro atoms. The summed E-state index contributed by atoms with van der Waals surface area (Å²) in [6.45, 7) is 2.66. The molecule has 1 atom stereocenters. The fraction of sp³-hybridized carbons (Fsp3) is 0.533. The molecule has 0 aromatic heterocycles. The number of nitrogens with two attached hydrogens (primary N) is 1. The highest BCUT2D eigenvalue weighted by atomic mass is 35.5. The zero-order valence-electron chi connectivity index (χ0n) is 11.7. The Labute approximate surface area is 124 Å². The van der Waals surface area contributed by atoms with Gasteiger partial charge in [-0.1, -0.05) is 23.7 Å². The molecule has 0 radical (unpaired) electrons. The summed E-state index contributed by atoms with van der Waals surface area (Å²) in [5, 5.41) is 3.38. The Morgan fingerprint density at radius 3 is 2.95 bits per heavy atom. The lowest BCUT2D eigenvalue weighted by Crippen LogP contribution is -2.30. The predicted octanol–water partition coefficient (Wildman–Crippen LogP) is 2.13. The number of carbonyl (C=O) groups excluding carboxylic acids is 1. The van der Waals surface area contributed by atoms with E-state index in [0.29, 0.717) is 23.1 Å². The van der Waals surface area contributed by atoms with Gasteiger partial charge in [0.2, 0.25) is 0 Å². The second-order valence-corrected chi connectivity index (χ2v) is 5.85. The van der Waals surface area contributed by atoms with Crippen molar-refractivity contribution in [2.75, 3.05) is 13.2 Å². The Morgan fingerprint density at radius 2 is 2.30 bits per heavy atom. The molecule has 1 aromatic rings. The van der Waals surface area contributed by atoms with E-state index >= 15 is 0 Å². The topological polar surface area (TPSA) is 64.3 Å². The SMILES string of the molecule is CC(N)Cc1cccc(Cl)c1OCC(=O)NCC1CC1. The van der Waals surface area contributed by atoms with Crippen LogP contribution in [0, 0.1) is 5.92 Å². The van der Waals surface area contributed by atoms with Crippen LogP contribution < -0.4 is 15.8 Å². The molecule has 0 aliphatic heterocycles. The number of benzene rings is 1. The minimum absolute atomic E-state index is 0.0115. The Morgan fingerprint density at radius 1 is 1.55 bits per heavy atom. The van der Waals surface area contributed by atoms with Crippen LogP contribution in [0.4, 0.5) is 0 Å². The fourth-order valence-electron chi connectivity index (χ4n) is 1.99. The number of rotatable bonds is 7. The van der Waals surface area contributed by atoms with Gasteiger partial charge in [0.25, 0.3) is 5.91 Å². The van der Waals surface area contributed by atoms with Gasteiger partial charge in [-0.05, 0) is 43.7 Å². The summed E-state index contributed by atoms with van der Waals surface area (Å²) in [4.78, 5) is 11.7. The Kier molecular flexibility index (Phi) is 5.26. The Balaban J connectivity index is 1.91. The van der Waals surface area contributed by atoms with Crippen LogP contribution in [0.3, 0.4) is 0 Å². The van der Waals surface area contributed by atoms with Gasteiger partial charge in [-0.2, -0.15) is 0 Å². The zero-order chi connectivity index (χ0) is 14.5. The van der Waals surface area contributed by atoms with Crippen molar-refractivity contribution in [2.24, 2.45) is 11.7 Å². The van der Waals surface area contributed by atoms with Crippen molar-refractivity contribution in [2.45, 2.75) is 32.2 Å². The van der Waals surface area contributed by atoms with Gasteiger partial charge in [0.05, 0.1) is 5.02 Å². The zero-order valence-corrected chi connectivity index (χ0v) is 12.5. The molecule has 20 heavy (non-hydrogen) atoms. The van der Waals surface area contributed by atoms with E-state index in [9.17, 15) is 4.79 Å². The Bertz CT molecular complexity index is 473.